The molecule has 130 valence electrons. The summed E-state index contributed by atoms with van der Waals surface area (Å²) in [4.78, 5) is 29.3. The summed E-state index contributed by atoms with van der Waals surface area (Å²) in [7, 11) is 1.95. The molecule has 6 heteroatoms. The molecule has 0 spiro atoms. The van der Waals surface area contributed by atoms with Crippen molar-refractivity contribution < 1.29 is 9.59 Å². The Morgan fingerprint density at radius 2 is 1.96 bits per heavy atom. The third-order valence-electron chi connectivity index (χ3n) is 5.93. The van der Waals surface area contributed by atoms with Crippen molar-refractivity contribution in [2.75, 3.05) is 13.1 Å². The number of carbonyl (C=O) groups is 2. The van der Waals surface area contributed by atoms with Gasteiger partial charge in [-0.15, -0.1) is 0 Å². The number of nitrogens with zero attached hydrogens (tertiary/aromatic N) is 4. The molecule has 0 unspecified atom stereocenters. The third-order valence-corrected chi connectivity index (χ3v) is 5.93. The van der Waals surface area contributed by atoms with Gasteiger partial charge in [0.2, 0.25) is 11.8 Å². The van der Waals surface area contributed by atoms with Gasteiger partial charge in [-0.3, -0.25) is 14.3 Å². The first-order chi connectivity index (χ1) is 11.5. The van der Waals surface area contributed by atoms with E-state index in [4.69, 9.17) is 0 Å². The highest BCUT2D eigenvalue weighted by molar-refractivity contribution is 5.90. The molecule has 24 heavy (non-hydrogen) atoms. The van der Waals surface area contributed by atoms with E-state index in [9.17, 15) is 9.59 Å². The van der Waals surface area contributed by atoms with Gasteiger partial charge in [0.1, 0.15) is 0 Å². The molecule has 1 saturated carbocycles. The largest absolute Gasteiger partial charge is 0.339 e. The lowest BCUT2D eigenvalue weighted by Crippen LogP contribution is -2.37. The SMILES string of the molecule is Cc1nn(C)c(C)c1[C@@H]1CCCN1C(=O)[C@H]1CC(=O)N(C2CC2)C1. The Bertz CT molecular complexity index is 691. The molecule has 0 aromatic carbocycles. The maximum atomic E-state index is 13.1. The van der Waals surface area contributed by atoms with Crippen molar-refractivity contribution in [1.29, 1.82) is 0 Å². The molecule has 1 aliphatic carbocycles. The van der Waals surface area contributed by atoms with Crippen LogP contribution in [0.5, 0.6) is 0 Å². The van der Waals surface area contributed by atoms with Crippen LogP contribution >= 0.6 is 0 Å². The predicted octanol–water partition coefficient (Wildman–Crippen LogP) is 1.71. The summed E-state index contributed by atoms with van der Waals surface area (Å²) in [6, 6.07) is 0.531. The zero-order valence-electron chi connectivity index (χ0n) is 14.8. The van der Waals surface area contributed by atoms with Crippen LogP contribution in [0.1, 0.15) is 55.1 Å². The Labute approximate surface area is 142 Å². The first kappa shape index (κ1) is 15.7. The van der Waals surface area contributed by atoms with Crippen LogP contribution in [0.3, 0.4) is 0 Å². The van der Waals surface area contributed by atoms with Gasteiger partial charge in [-0.25, -0.2) is 0 Å². The van der Waals surface area contributed by atoms with Crippen molar-refractivity contribution in [2.45, 2.75) is 58.0 Å². The topological polar surface area (TPSA) is 58.4 Å². The third kappa shape index (κ3) is 2.43. The number of aryl methyl sites for hydroxylation is 2. The molecule has 1 aromatic rings. The van der Waals surface area contributed by atoms with Crippen LogP contribution in [0.25, 0.3) is 0 Å². The zero-order chi connectivity index (χ0) is 17.0. The molecule has 0 radical (unpaired) electrons. The number of aromatic nitrogens is 2. The zero-order valence-corrected chi connectivity index (χ0v) is 14.8. The molecule has 4 rings (SSSR count). The minimum Gasteiger partial charge on any atom is -0.339 e. The summed E-state index contributed by atoms with van der Waals surface area (Å²) < 4.78 is 1.90. The second-order valence-corrected chi connectivity index (χ2v) is 7.58. The first-order valence-corrected chi connectivity index (χ1v) is 9.07. The van der Waals surface area contributed by atoms with E-state index in [0.29, 0.717) is 19.0 Å². The fraction of sp³-hybridized carbons (Fsp3) is 0.722. The minimum atomic E-state index is -0.156. The summed E-state index contributed by atoms with van der Waals surface area (Å²) in [6.07, 6.45) is 4.62. The predicted molar refractivity (Wildman–Crippen MR) is 89.2 cm³/mol. The average molecular weight is 330 g/mol. The number of carbonyl (C=O) groups excluding carboxylic acids is 2. The molecular formula is C18H26N4O2. The number of amides is 2. The second-order valence-electron chi connectivity index (χ2n) is 7.58. The lowest BCUT2D eigenvalue weighted by Gasteiger charge is -2.28. The maximum absolute atomic E-state index is 13.1. The first-order valence-electron chi connectivity index (χ1n) is 9.07. The van der Waals surface area contributed by atoms with Crippen molar-refractivity contribution in [3.63, 3.8) is 0 Å². The quantitative estimate of drug-likeness (QED) is 0.848. The van der Waals surface area contributed by atoms with Gasteiger partial charge in [0.15, 0.2) is 0 Å². The molecule has 2 saturated heterocycles. The van der Waals surface area contributed by atoms with E-state index in [-0.39, 0.29) is 23.8 Å². The fourth-order valence-electron chi connectivity index (χ4n) is 4.47. The monoisotopic (exact) mass is 330 g/mol. The Morgan fingerprint density at radius 1 is 1.21 bits per heavy atom. The van der Waals surface area contributed by atoms with Gasteiger partial charge in [0.25, 0.3) is 0 Å². The van der Waals surface area contributed by atoms with E-state index < -0.39 is 0 Å². The molecule has 0 N–H and O–H groups in total. The lowest BCUT2D eigenvalue weighted by atomic mass is 10.0. The molecule has 1 aromatic heterocycles. The number of likely N-dealkylation sites (tertiary alicyclic amines) is 2. The Hall–Kier alpha value is -1.85. The van der Waals surface area contributed by atoms with Crippen LogP contribution in [-0.2, 0) is 16.6 Å². The summed E-state index contributed by atoms with van der Waals surface area (Å²) in [5.41, 5.74) is 3.35. The van der Waals surface area contributed by atoms with E-state index in [1.54, 1.807) is 0 Å². The van der Waals surface area contributed by atoms with E-state index >= 15 is 0 Å². The standard InChI is InChI=1S/C18H26N4O2/c1-11-17(12(2)20(3)19-11)15-5-4-8-21(15)18(24)13-9-16(23)22(10-13)14-6-7-14/h13-15H,4-10H2,1-3H3/t13-,15-/m0/s1. The maximum Gasteiger partial charge on any atom is 0.228 e. The van der Waals surface area contributed by atoms with E-state index in [1.807, 2.05) is 28.5 Å². The smallest absolute Gasteiger partial charge is 0.228 e. The van der Waals surface area contributed by atoms with Crippen LogP contribution in [0, 0.1) is 19.8 Å². The minimum absolute atomic E-state index is 0.122. The normalized spacial score (nSPS) is 27.4. The Morgan fingerprint density at radius 3 is 2.58 bits per heavy atom. The molecule has 6 nitrogen and oxygen atoms in total. The number of hydrogen-bond donors (Lipinski definition) is 0. The van der Waals surface area contributed by atoms with E-state index in [2.05, 4.69) is 12.0 Å². The number of rotatable bonds is 3. The molecule has 3 fully saturated rings. The summed E-state index contributed by atoms with van der Waals surface area (Å²) in [5, 5.41) is 4.52. The van der Waals surface area contributed by atoms with Crippen LogP contribution < -0.4 is 0 Å². The summed E-state index contributed by atoms with van der Waals surface area (Å²) in [5.74, 6) is 0.174. The Balaban J connectivity index is 1.54. The van der Waals surface area contributed by atoms with Gasteiger partial charge in [-0.05, 0) is 39.5 Å². The molecule has 2 aliphatic heterocycles. The molecule has 2 atom stereocenters. The lowest BCUT2D eigenvalue weighted by molar-refractivity contribution is -0.136. The van der Waals surface area contributed by atoms with Crippen LogP contribution in [-0.4, -0.2) is 50.5 Å². The highest BCUT2D eigenvalue weighted by Crippen LogP contribution is 2.38. The van der Waals surface area contributed by atoms with Crippen molar-refractivity contribution in [3.05, 3.63) is 17.0 Å². The van der Waals surface area contributed by atoms with Gasteiger partial charge < -0.3 is 9.80 Å². The summed E-state index contributed by atoms with van der Waals surface area (Å²) >= 11 is 0. The number of hydrogen-bond acceptors (Lipinski definition) is 3. The molecular weight excluding hydrogens is 304 g/mol. The second kappa shape index (κ2) is 5.60. The van der Waals surface area contributed by atoms with Crippen molar-refractivity contribution in [1.82, 2.24) is 19.6 Å². The van der Waals surface area contributed by atoms with Crippen LogP contribution in [0.2, 0.25) is 0 Å². The van der Waals surface area contributed by atoms with E-state index in [1.165, 1.54) is 5.56 Å². The van der Waals surface area contributed by atoms with Crippen molar-refractivity contribution >= 4 is 11.8 Å². The highest BCUT2D eigenvalue weighted by atomic mass is 16.2. The molecule has 3 aliphatic rings. The molecule has 0 bridgehead atoms. The van der Waals surface area contributed by atoms with Gasteiger partial charge >= 0.3 is 0 Å². The van der Waals surface area contributed by atoms with Gasteiger partial charge in [0.05, 0.1) is 17.7 Å². The highest BCUT2D eigenvalue weighted by Gasteiger charge is 2.44. The molecule has 3 heterocycles. The molecule has 2 amide bonds. The van der Waals surface area contributed by atoms with E-state index in [0.717, 1.165) is 43.6 Å². The van der Waals surface area contributed by atoms with Gasteiger partial charge in [-0.1, -0.05) is 0 Å². The fourth-order valence-corrected chi connectivity index (χ4v) is 4.47. The average Bonchev–Trinajstić information content (AvgIpc) is 3.05. The van der Waals surface area contributed by atoms with Gasteiger partial charge in [-0.2, -0.15) is 5.10 Å². The van der Waals surface area contributed by atoms with Gasteiger partial charge in [0, 0.05) is 43.9 Å². The van der Waals surface area contributed by atoms with Crippen LogP contribution in [0.15, 0.2) is 0 Å². The van der Waals surface area contributed by atoms with Crippen molar-refractivity contribution in [2.24, 2.45) is 13.0 Å². The summed E-state index contributed by atoms with van der Waals surface area (Å²) in [6.45, 7) is 5.52. The van der Waals surface area contributed by atoms with Crippen LogP contribution in [0.4, 0.5) is 0 Å². The van der Waals surface area contributed by atoms with Crippen molar-refractivity contribution in [3.8, 4) is 0 Å². The Kier molecular flexibility index (Phi) is 3.66.